The molecule has 0 spiro atoms. The Hall–Kier alpha value is -1.25. The van der Waals surface area contributed by atoms with Crippen LogP contribution < -0.4 is 0 Å². The van der Waals surface area contributed by atoms with Crippen LogP contribution in [-0.2, 0) is 32.7 Å². The van der Waals surface area contributed by atoms with Crippen molar-refractivity contribution < 1.29 is 42.1 Å². The summed E-state index contributed by atoms with van der Waals surface area (Å²) in [6.07, 6.45) is 22.0. The summed E-state index contributed by atoms with van der Waals surface area (Å²) in [4.78, 5) is 34.5. The number of likely N-dealkylation sites (N-methyl/N-ethyl adjacent to an activating group) is 1. The molecule has 10 heteroatoms. The van der Waals surface area contributed by atoms with Crippen molar-refractivity contribution in [2.75, 3.05) is 47.5 Å². The molecule has 0 saturated carbocycles. The van der Waals surface area contributed by atoms with Crippen molar-refractivity contribution in [2.24, 2.45) is 0 Å². The second-order valence-corrected chi connectivity index (χ2v) is 13.7. The Morgan fingerprint density at radius 2 is 1.21 bits per heavy atom. The Morgan fingerprint density at radius 3 is 1.81 bits per heavy atom. The van der Waals surface area contributed by atoms with Gasteiger partial charge in [-0.15, -0.1) is 0 Å². The third kappa shape index (κ3) is 28.9. The monoisotopic (exact) mass is 620 g/mol. The molecule has 42 heavy (non-hydrogen) atoms. The fourth-order valence-electron chi connectivity index (χ4n) is 4.12. The topological polar surface area (TPSA) is 108 Å². The summed E-state index contributed by atoms with van der Waals surface area (Å²) < 4.78 is 33.6. The van der Waals surface area contributed by atoms with Gasteiger partial charge in [0.25, 0.3) is 0 Å². The summed E-state index contributed by atoms with van der Waals surface area (Å²) in [7, 11) is 1.47. The standard InChI is InChI=1S/C32H62NO8P/c1-6-8-10-11-12-13-14-15-16-17-18-19-20-21-23-24-31(34)38-28-30(41-32(35)25-22-9-7-2)29-40-42(36,37)39-27-26-33(3,4)5/h15-16,30H,6-14,17-29H2,1-5H3/p+1/b16-15-/t30-/m1/s1. The van der Waals surface area contributed by atoms with E-state index in [2.05, 4.69) is 19.1 Å². The van der Waals surface area contributed by atoms with E-state index in [0.29, 0.717) is 17.4 Å². The molecule has 0 aliphatic carbocycles. The first-order valence-corrected chi connectivity index (χ1v) is 17.9. The highest BCUT2D eigenvalue weighted by molar-refractivity contribution is 7.47. The van der Waals surface area contributed by atoms with Crippen molar-refractivity contribution in [1.82, 2.24) is 0 Å². The van der Waals surface area contributed by atoms with Crippen LogP contribution in [0.15, 0.2) is 12.2 Å². The Bertz CT molecular complexity index is 753. The molecule has 2 atom stereocenters. The fraction of sp³-hybridized carbons (Fsp3) is 0.875. The molecule has 0 radical (unpaired) electrons. The highest BCUT2D eigenvalue weighted by Gasteiger charge is 2.27. The van der Waals surface area contributed by atoms with Crippen molar-refractivity contribution >= 4 is 19.8 Å². The number of allylic oxidation sites excluding steroid dienone is 2. The lowest BCUT2D eigenvalue weighted by Crippen LogP contribution is -2.37. The average Bonchev–Trinajstić information content (AvgIpc) is 2.91. The molecule has 0 heterocycles. The molecule has 0 saturated heterocycles. The number of esters is 2. The molecule has 0 aromatic rings. The summed E-state index contributed by atoms with van der Waals surface area (Å²) in [5, 5.41) is 0. The summed E-state index contributed by atoms with van der Waals surface area (Å²) >= 11 is 0. The largest absolute Gasteiger partial charge is 0.472 e. The van der Waals surface area contributed by atoms with E-state index in [1.807, 2.05) is 28.1 Å². The third-order valence-corrected chi connectivity index (χ3v) is 7.78. The number of carbonyl (C=O) groups excluding carboxylic acids is 2. The summed E-state index contributed by atoms with van der Waals surface area (Å²) in [5.74, 6) is -0.838. The number of nitrogens with zero attached hydrogens (tertiary/aromatic N) is 1. The minimum absolute atomic E-state index is 0.0314. The number of hydrogen-bond acceptors (Lipinski definition) is 7. The SMILES string of the molecule is CCCCCCCC/C=C\CCCCCCCC(=O)OC[C@H](COP(=O)(O)OCC[N+](C)(C)C)OC(=O)CCCCC. The van der Waals surface area contributed by atoms with E-state index in [-0.39, 0.29) is 32.0 Å². The molecule has 1 unspecified atom stereocenters. The van der Waals surface area contributed by atoms with Crippen molar-refractivity contribution in [3.8, 4) is 0 Å². The van der Waals surface area contributed by atoms with Crippen LogP contribution in [0.25, 0.3) is 0 Å². The van der Waals surface area contributed by atoms with Gasteiger partial charge in [0.1, 0.15) is 19.8 Å². The van der Waals surface area contributed by atoms with Gasteiger partial charge in [-0.05, 0) is 38.5 Å². The van der Waals surface area contributed by atoms with Crippen LogP contribution in [-0.4, -0.2) is 74.9 Å². The molecule has 0 fully saturated rings. The van der Waals surface area contributed by atoms with Gasteiger partial charge in [-0.2, -0.15) is 0 Å². The molecule has 0 bridgehead atoms. The maximum absolute atomic E-state index is 12.3. The van der Waals surface area contributed by atoms with Crippen molar-refractivity contribution in [1.29, 1.82) is 0 Å². The van der Waals surface area contributed by atoms with Gasteiger partial charge < -0.3 is 18.9 Å². The molecular formula is C32H63NO8P+. The number of phosphoric ester groups is 1. The summed E-state index contributed by atoms with van der Waals surface area (Å²) in [5.41, 5.74) is 0. The third-order valence-electron chi connectivity index (χ3n) is 6.80. The maximum Gasteiger partial charge on any atom is 0.472 e. The maximum atomic E-state index is 12.3. The van der Waals surface area contributed by atoms with E-state index in [4.69, 9.17) is 18.5 Å². The Morgan fingerprint density at radius 1 is 0.714 bits per heavy atom. The van der Waals surface area contributed by atoms with Gasteiger partial charge in [-0.25, -0.2) is 4.57 Å². The van der Waals surface area contributed by atoms with Crippen molar-refractivity contribution in [3.63, 3.8) is 0 Å². The molecule has 1 N–H and O–H groups in total. The van der Waals surface area contributed by atoms with E-state index in [1.165, 1.54) is 44.9 Å². The minimum Gasteiger partial charge on any atom is -0.462 e. The number of rotatable bonds is 29. The number of hydrogen-bond donors (Lipinski definition) is 1. The highest BCUT2D eigenvalue weighted by Crippen LogP contribution is 2.43. The van der Waals surface area contributed by atoms with Crippen LogP contribution in [0.4, 0.5) is 0 Å². The van der Waals surface area contributed by atoms with E-state index in [0.717, 1.165) is 51.4 Å². The molecule has 0 amide bonds. The normalized spacial score (nSPS) is 14.1. The van der Waals surface area contributed by atoms with Gasteiger partial charge >= 0.3 is 19.8 Å². The van der Waals surface area contributed by atoms with Gasteiger partial charge in [-0.1, -0.05) is 90.2 Å². The second kappa shape index (κ2) is 26.2. The van der Waals surface area contributed by atoms with Crippen LogP contribution >= 0.6 is 7.82 Å². The zero-order valence-electron chi connectivity index (χ0n) is 27.5. The first kappa shape index (κ1) is 40.8. The van der Waals surface area contributed by atoms with Gasteiger partial charge in [0.05, 0.1) is 27.7 Å². The molecule has 9 nitrogen and oxygen atoms in total. The van der Waals surface area contributed by atoms with Gasteiger partial charge in [0.15, 0.2) is 6.10 Å². The van der Waals surface area contributed by atoms with Gasteiger partial charge in [0, 0.05) is 12.8 Å². The van der Waals surface area contributed by atoms with E-state index >= 15 is 0 Å². The quantitative estimate of drug-likeness (QED) is 0.0296. The first-order valence-electron chi connectivity index (χ1n) is 16.4. The second-order valence-electron chi connectivity index (χ2n) is 12.2. The van der Waals surface area contributed by atoms with Gasteiger partial charge in [-0.3, -0.25) is 18.6 Å². The average molecular weight is 621 g/mol. The van der Waals surface area contributed by atoms with E-state index in [9.17, 15) is 19.0 Å². The van der Waals surface area contributed by atoms with Crippen LogP contribution in [0.2, 0.25) is 0 Å². The Kier molecular flexibility index (Phi) is 25.4. The number of phosphoric acid groups is 1. The molecule has 0 aromatic carbocycles. The van der Waals surface area contributed by atoms with Crippen LogP contribution in [0, 0.1) is 0 Å². The predicted molar refractivity (Wildman–Crippen MR) is 169 cm³/mol. The molecule has 0 aromatic heterocycles. The lowest BCUT2D eigenvalue weighted by molar-refractivity contribution is -0.870. The molecule has 248 valence electrons. The van der Waals surface area contributed by atoms with Crippen LogP contribution in [0.5, 0.6) is 0 Å². The Labute approximate surface area is 256 Å². The zero-order valence-corrected chi connectivity index (χ0v) is 28.4. The number of carbonyl (C=O) groups is 2. The number of quaternary nitrogens is 1. The first-order chi connectivity index (χ1) is 20.0. The summed E-state index contributed by atoms with van der Waals surface area (Å²) in [6, 6.07) is 0. The molecule has 0 aliphatic rings. The number of unbranched alkanes of at least 4 members (excludes halogenated alkanes) is 13. The predicted octanol–water partition coefficient (Wildman–Crippen LogP) is 7.90. The molecule has 0 rings (SSSR count). The molecular weight excluding hydrogens is 557 g/mol. The van der Waals surface area contributed by atoms with E-state index in [1.54, 1.807) is 0 Å². The minimum atomic E-state index is -4.34. The zero-order chi connectivity index (χ0) is 31.5. The van der Waals surface area contributed by atoms with Crippen molar-refractivity contribution in [3.05, 3.63) is 12.2 Å². The number of ether oxygens (including phenoxy) is 2. The summed E-state index contributed by atoms with van der Waals surface area (Å²) in [6.45, 7) is 4.19. The molecule has 0 aliphatic heterocycles. The van der Waals surface area contributed by atoms with E-state index < -0.39 is 26.5 Å². The lowest BCUT2D eigenvalue weighted by Gasteiger charge is -2.24. The van der Waals surface area contributed by atoms with Crippen LogP contribution in [0.3, 0.4) is 0 Å². The highest BCUT2D eigenvalue weighted by atomic mass is 31.2. The van der Waals surface area contributed by atoms with Crippen LogP contribution in [0.1, 0.15) is 129 Å². The van der Waals surface area contributed by atoms with Gasteiger partial charge in [0.2, 0.25) is 0 Å². The van der Waals surface area contributed by atoms with Crippen molar-refractivity contribution in [2.45, 2.75) is 136 Å². The Balaban J connectivity index is 4.24. The lowest BCUT2D eigenvalue weighted by atomic mass is 10.1. The smallest absolute Gasteiger partial charge is 0.462 e. The fourth-order valence-corrected chi connectivity index (χ4v) is 4.86.